The Morgan fingerprint density at radius 2 is 2.00 bits per heavy atom. The van der Waals surface area contributed by atoms with Crippen molar-refractivity contribution in [3.63, 3.8) is 0 Å². The number of aliphatic imine (C=N–C) groups is 1. The van der Waals surface area contributed by atoms with E-state index < -0.39 is 5.97 Å². The maximum Gasteiger partial charge on any atom is 0.350 e. The van der Waals surface area contributed by atoms with Crippen LogP contribution in [0.25, 0.3) is 0 Å². The van der Waals surface area contributed by atoms with Crippen molar-refractivity contribution in [3.8, 4) is 0 Å². The van der Waals surface area contributed by atoms with E-state index in [0.29, 0.717) is 6.42 Å². The number of rotatable bonds is 3. The largest absolute Gasteiger partial charge is 0.477 e. The van der Waals surface area contributed by atoms with Crippen molar-refractivity contribution in [2.75, 3.05) is 7.05 Å². The first kappa shape index (κ1) is 9.45. The molecule has 3 heteroatoms. The maximum atomic E-state index is 10.6. The van der Waals surface area contributed by atoms with Gasteiger partial charge in [0.25, 0.3) is 0 Å². The molecule has 1 aromatic carbocycles. The first-order chi connectivity index (χ1) is 6.24. The van der Waals surface area contributed by atoms with Gasteiger partial charge in [-0.05, 0) is 5.56 Å². The number of hydrogen-bond acceptors (Lipinski definition) is 2. The molecule has 0 saturated heterocycles. The summed E-state index contributed by atoms with van der Waals surface area (Å²) in [6.07, 6.45) is 0.382. The van der Waals surface area contributed by atoms with Gasteiger partial charge in [0.15, 0.2) is 0 Å². The fourth-order valence-corrected chi connectivity index (χ4v) is 1.04. The molecule has 1 rings (SSSR count). The first-order valence-electron chi connectivity index (χ1n) is 3.97. The van der Waals surface area contributed by atoms with Crippen LogP contribution in [0.5, 0.6) is 0 Å². The molecule has 0 bridgehead atoms. The number of carboxylic acids is 1. The molecule has 0 aliphatic rings. The first-order valence-corrected chi connectivity index (χ1v) is 3.97. The van der Waals surface area contributed by atoms with Crippen LogP contribution in [0.3, 0.4) is 0 Å². The lowest BCUT2D eigenvalue weighted by Crippen LogP contribution is -2.15. The van der Waals surface area contributed by atoms with E-state index in [9.17, 15) is 4.79 Å². The summed E-state index contributed by atoms with van der Waals surface area (Å²) in [6.45, 7) is 0. The molecule has 0 fully saturated rings. The van der Waals surface area contributed by atoms with Gasteiger partial charge in [-0.2, -0.15) is 0 Å². The SMILES string of the molecule is CN=C(Cc1ccccc1)C(=O)O. The van der Waals surface area contributed by atoms with E-state index in [0.717, 1.165) is 5.56 Å². The van der Waals surface area contributed by atoms with E-state index in [4.69, 9.17) is 5.11 Å². The second-order valence-electron chi connectivity index (χ2n) is 2.64. The highest BCUT2D eigenvalue weighted by molar-refractivity contribution is 6.36. The highest BCUT2D eigenvalue weighted by Crippen LogP contribution is 2.00. The van der Waals surface area contributed by atoms with Crippen LogP contribution in [0.4, 0.5) is 0 Å². The van der Waals surface area contributed by atoms with Crippen molar-refractivity contribution in [3.05, 3.63) is 35.9 Å². The number of carboxylic acid groups (broad SMARTS) is 1. The highest BCUT2D eigenvalue weighted by atomic mass is 16.4. The Morgan fingerprint density at radius 1 is 1.38 bits per heavy atom. The van der Waals surface area contributed by atoms with Gasteiger partial charge in [-0.3, -0.25) is 4.99 Å². The minimum absolute atomic E-state index is 0.186. The monoisotopic (exact) mass is 177 g/mol. The Labute approximate surface area is 76.7 Å². The highest BCUT2D eigenvalue weighted by Gasteiger charge is 2.07. The Morgan fingerprint density at radius 3 is 2.46 bits per heavy atom. The van der Waals surface area contributed by atoms with Crippen LogP contribution in [0.15, 0.2) is 35.3 Å². The normalized spacial score (nSPS) is 11.3. The summed E-state index contributed by atoms with van der Waals surface area (Å²) in [4.78, 5) is 14.3. The maximum absolute atomic E-state index is 10.6. The molecule has 0 radical (unpaired) electrons. The van der Waals surface area contributed by atoms with E-state index in [2.05, 4.69) is 4.99 Å². The minimum atomic E-state index is -0.952. The van der Waals surface area contributed by atoms with Gasteiger partial charge in [0.05, 0.1) is 0 Å². The predicted molar refractivity (Wildman–Crippen MR) is 51.1 cm³/mol. The van der Waals surface area contributed by atoms with Crippen LogP contribution < -0.4 is 0 Å². The number of benzene rings is 1. The summed E-state index contributed by atoms with van der Waals surface area (Å²) >= 11 is 0. The third kappa shape index (κ3) is 2.71. The lowest BCUT2D eigenvalue weighted by atomic mass is 10.1. The Bertz CT molecular complexity index is 317. The molecule has 0 heterocycles. The number of aliphatic carboxylic acids is 1. The van der Waals surface area contributed by atoms with Gasteiger partial charge in [0, 0.05) is 13.5 Å². The summed E-state index contributed by atoms with van der Waals surface area (Å²) in [5.41, 5.74) is 1.15. The third-order valence-electron chi connectivity index (χ3n) is 1.73. The molecule has 13 heavy (non-hydrogen) atoms. The van der Waals surface area contributed by atoms with Gasteiger partial charge in [-0.15, -0.1) is 0 Å². The number of carbonyl (C=O) groups is 1. The van der Waals surface area contributed by atoms with Crippen molar-refractivity contribution >= 4 is 11.7 Å². The molecule has 0 spiro atoms. The molecule has 0 aromatic heterocycles. The lowest BCUT2D eigenvalue weighted by Gasteiger charge is -1.99. The molecule has 0 saturated carbocycles. The average Bonchev–Trinajstić information content (AvgIpc) is 2.15. The van der Waals surface area contributed by atoms with Gasteiger partial charge in [0.2, 0.25) is 0 Å². The number of nitrogens with zero attached hydrogens (tertiary/aromatic N) is 1. The van der Waals surface area contributed by atoms with Crippen LogP contribution in [0, 0.1) is 0 Å². The molecule has 0 aliphatic heterocycles. The zero-order valence-electron chi connectivity index (χ0n) is 7.40. The lowest BCUT2D eigenvalue weighted by molar-refractivity contribution is -0.129. The summed E-state index contributed by atoms with van der Waals surface area (Å²) in [5, 5.41) is 8.70. The second-order valence-corrected chi connectivity index (χ2v) is 2.64. The van der Waals surface area contributed by atoms with Crippen molar-refractivity contribution in [2.45, 2.75) is 6.42 Å². The summed E-state index contributed by atoms with van der Waals surface area (Å²) in [6, 6.07) is 9.42. The van der Waals surface area contributed by atoms with Crippen molar-refractivity contribution < 1.29 is 9.90 Å². The summed E-state index contributed by atoms with van der Waals surface area (Å²) in [5.74, 6) is -0.952. The Balaban J connectivity index is 2.74. The van der Waals surface area contributed by atoms with E-state index in [1.54, 1.807) is 0 Å². The molecule has 1 N–H and O–H groups in total. The predicted octanol–water partition coefficient (Wildman–Crippen LogP) is 1.38. The second kappa shape index (κ2) is 4.40. The molecule has 0 amide bonds. The van der Waals surface area contributed by atoms with Crippen LogP contribution in [-0.4, -0.2) is 23.8 Å². The standard InChI is InChI=1S/C10H11NO2/c1-11-9(10(12)13)7-8-5-3-2-4-6-8/h2-6H,7H2,1H3,(H,12,13). The minimum Gasteiger partial charge on any atom is -0.477 e. The molecule has 0 atom stereocenters. The molecule has 68 valence electrons. The van der Waals surface area contributed by atoms with Crippen LogP contribution in [-0.2, 0) is 11.2 Å². The average molecular weight is 177 g/mol. The van der Waals surface area contributed by atoms with Gasteiger partial charge in [-0.25, -0.2) is 4.79 Å². The molecule has 0 aliphatic carbocycles. The van der Waals surface area contributed by atoms with E-state index >= 15 is 0 Å². The fraction of sp³-hybridized carbons (Fsp3) is 0.200. The smallest absolute Gasteiger partial charge is 0.350 e. The zero-order valence-corrected chi connectivity index (χ0v) is 7.40. The van der Waals surface area contributed by atoms with Crippen LogP contribution >= 0.6 is 0 Å². The fourth-order valence-electron chi connectivity index (χ4n) is 1.04. The molecule has 0 unspecified atom stereocenters. The van der Waals surface area contributed by atoms with Crippen molar-refractivity contribution in [1.29, 1.82) is 0 Å². The summed E-state index contributed by atoms with van der Waals surface area (Å²) in [7, 11) is 1.49. The number of hydrogen-bond donors (Lipinski definition) is 1. The Hall–Kier alpha value is -1.64. The van der Waals surface area contributed by atoms with Gasteiger partial charge >= 0.3 is 5.97 Å². The van der Waals surface area contributed by atoms with Crippen molar-refractivity contribution in [2.24, 2.45) is 4.99 Å². The van der Waals surface area contributed by atoms with Gasteiger partial charge < -0.3 is 5.11 Å². The quantitative estimate of drug-likeness (QED) is 0.709. The third-order valence-corrected chi connectivity index (χ3v) is 1.73. The van der Waals surface area contributed by atoms with Crippen LogP contribution in [0.2, 0.25) is 0 Å². The van der Waals surface area contributed by atoms with E-state index in [1.807, 2.05) is 30.3 Å². The zero-order chi connectivity index (χ0) is 9.68. The molecular weight excluding hydrogens is 166 g/mol. The topological polar surface area (TPSA) is 49.7 Å². The summed E-state index contributed by atoms with van der Waals surface area (Å²) < 4.78 is 0. The van der Waals surface area contributed by atoms with E-state index in [-0.39, 0.29) is 5.71 Å². The van der Waals surface area contributed by atoms with Crippen LogP contribution in [0.1, 0.15) is 5.56 Å². The van der Waals surface area contributed by atoms with Gasteiger partial charge in [-0.1, -0.05) is 30.3 Å². The molecular formula is C10H11NO2. The molecule has 3 nitrogen and oxygen atoms in total. The van der Waals surface area contributed by atoms with Crippen molar-refractivity contribution in [1.82, 2.24) is 0 Å². The van der Waals surface area contributed by atoms with Gasteiger partial charge in [0.1, 0.15) is 5.71 Å². The Kier molecular flexibility index (Phi) is 3.20. The molecule has 1 aromatic rings. The van der Waals surface area contributed by atoms with E-state index in [1.165, 1.54) is 7.05 Å².